The van der Waals surface area contributed by atoms with Gasteiger partial charge >= 0.3 is 0 Å². The fourth-order valence-corrected chi connectivity index (χ4v) is 3.79. The van der Waals surface area contributed by atoms with Gasteiger partial charge in [-0.2, -0.15) is 0 Å². The minimum absolute atomic E-state index is 0.0477. The molecule has 3 heteroatoms. The highest BCUT2D eigenvalue weighted by Crippen LogP contribution is 2.14. The molecule has 0 aliphatic rings. The molecule has 0 aliphatic heterocycles. The van der Waals surface area contributed by atoms with Crippen LogP contribution in [0.4, 0.5) is 0 Å². The molecule has 0 fully saturated rings. The second-order valence-corrected chi connectivity index (χ2v) is 8.64. The molecule has 3 nitrogen and oxygen atoms in total. The Bertz CT molecular complexity index is 320. The average Bonchev–Trinajstić information content (AvgIpc) is 2.70. The van der Waals surface area contributed by atoms with Gasteiger partial charge in [-0.25, -0.2) is 0 Å². The second kappa shape index (κ2) is 22.7. The zero-order valence-corrected chi connectivity index (χ0v) is 19.3. The molecule has 0 heterocycles. The summed E-state index contributed by atoms with van der Waals surface area (Å²) in [6.07, 6.45) is 25.3. The van der Waals surface area contributed by atoms with Crippen LogP contribution in [0.2, 0.25) is 0 Å². The van der Waals surface area contributed by atoms with Gasteiger partial charge in [0.15, 0.2) is 0 Å². The number of unbranched alkanes of at least 4 members (excludes halogenated alkanes) is 16. The number of carbonyl (C=O) groups excluding carboxylic acids is 1. The zero-order chi connectivity index (χ0) is 20.7. The number of hydrogen-bond acceptors (Lipinski definition) is 2. The molecule has 0 aromatic heterocycles. The molecule has 0 saturated heterocycles. The number of carbonyl (C=O) groups is 1. The number of rotatable bonds is 22. The Balaban J connectivity index is 3.25. The minimum atomic E-state index is -0.0477. The first-order valence-corrected chi connectivity index (χ1v) is 12.6. The maximum atomic E-state index is 11.9. The zero-order valence-electron chi connectivity index (χ0n) is 19.3. The number of aliphatic hydroxyl groups excluding tert-OH is 1. The van der Waals surface area contributed by atoms with Crippen LogP contribution in [0.3, 0.4) is 0 Å². The van der Waals surface area contributed by atoms with Gasteiger partial charge in [-0.05, 0) is 12.8 Å². The number of amides is 1. The van der Waals surface area contributed by atoms with Crippen LogP contribution in [0.1, 0.15) is 142 Å². The van der Waals surface area contributed by atoms with Gasteiger partial charge in [-0.15, -0.1) is 0 Å². The van der Waals surface area contributed by atoms with Crippen molar-refractivity contribution in [2.24, 2.45) is 0 Å². The Morgan fingerprint density at radius 2 is 1.04 bits per heavy atom. The first-order valence-electron chi connectivity index (χ1n) is 12.6. The number of hydrogen-bond donors (Lipinski definition) is 2. The lowest BCUT2D eigenvalue weighted by molar-refractivity contribution is -0.122. The smallest absolute Gasteiger partial charge is 0.220 e. The van der Waals surface area contributed by atoms with Gasteiger partial charge < -0.3 is 10.4 Å². The van der Waals surface area contributed by atoms with Gasteiger partial charge in [0.25, 0.3) is 0 Å². The molecular formula is C25H51NO2. The summed E-state index contributed by atoms with van der Waals surface area (Å²) in [7, 11) is 0. The second-order valence-electron chi connectivity index (χ2n) is 8.64. The Labute approximate surface area is 176 Å². The van der Waals surface area contributed by atoms with Crippen molar-refractivity contribution in [2.45, 2.75) is 148 Å². The number of nitrogens with one attached hydrogen (secondary N) is 1. The van der Waals surface area contributed by atoms with Crippen LogP contribution >= 0.6 is 0 Å². The van der Waals surface area contributed by atoms with E-state index in [1.165, 1.54) is 89.9 Å². The molecule has 0 spiro atoms. The van der Waals surface area contributed by atoms with Crippen LogP contribution in [0.15, 0.2) is 0 Å². The van der Waals surface area contributed by atoms with Crippen LogP contribution in [0.25, 0.3) is 0 Å². The van der Waals surface area contributed by atoms with E-state index in [0.29, 0.717) is 6.42 Å². The molecule has 0 aliphatic carbocycles. The van der Waals surface area contributed by atoms with E-state index in [1.807, 2.05) is 0 Å². The Kier molecular flexibility index (Phi) is 22.3. The topological polar surface area (TPSA) is 49.3 Å². The van der Waals surface area contributed by atoms with E-state index in [-0.39, 0.29) is 18.6 Å². The van der Waals surface area contributed by atoms with Crippen LogP contribution < -0.4 is 5.32 Å². The molecule has 0 saturated carbocycles. The fraction of sp³-hybridized carbons (Fsp3) is 0.960. The highest BCUT2D eigenvalue weighted by molar-refractivity contribution is 5.76. The average molecular weight is 398 g/mol. The van der Waals surface area contributed by atoms with E-state index < -0.39 is 0 Å². The first kappa shape index (κ1) is 27.4. The third kappa shape index (κ3) is 20.2. The number of aliphatic hydroxyl groups is 1. The normalized spacial score (nSPS) is 12.2. The van der Waals surface area contributed by atoms with Crippen molar-refractivity contribution in [3.8, 4) is 0 Å². The fourth-order valence-electron chi connectivity index (χ4n) is 3.79. The van der Waals surface area contributed by atoms with Crippen molar-refractivity contribution in [1.82, 2.24) is 5.32 Å². The molecule has 0 rings (SSSR count). The summed E-state index contributed by atoms with van der Waals surface area (Å²) in [5.41, 5.74) is 0. The predicted octanol–water partition coefficient (Wildman–Crippen LogP) is 7.31. The van der Waals surface area contributed by atoms with E-state index in [4.69, 9.17) is 0 Å². The van der Waals surface area contributed by atoms with E-state index in [2.05, 4.69) is 19.2 Å². The molecule has 28 heavy (non-hydrogen) atoms. The highest BCUT2D eigenvalue weighted by Gasteiger charge is 2.10. The summed E-state index contributed by atoms with van der Waals surface area (Å²) in [6, 6.07) is -0.0477. The summed E-state index contributed by atoms with van der Waals surface area (Å²) in [5, 5.41) is 12.3. The van der Waals surface area contributed by atoms with Gasteiger partial charge in [0.2, 0.25) is 5.91 Å². The molecule has 0 aromatic rings. The monoisotopic (exact) mass is 397 g/mol. The molecule has 168 valence electrons. The summed E-state index contributed by atoms with van der Waals surface area (Å²) < 4.78 is 0. The quantitative estimate of drug-likeness (QED) is 0.188. The molecule has 0 aromatic carbocycles. The lowest BCUT2D eigenvalue weighted by Crippen LogP contribution is -2.37. The molecular weight excluding hydrogens is 346 g/mol. The molecule has 1 unspecified atom stereocenters. The summed E-state index contributed by atoms with van der Waals surface area (Å²) in [4.78, 5) is 11.9. The van der Waals surface area contributed by atoms with Crippen LogP contribution in [0.5, 0.6) is 0 Å². The Hall–Kier alpha value is -0.570. The first-order chi connectivity index (χ1) is 13.7. The highest BCUT2D eigenvalue weighted by atomic mass is 16.3. The Morgan fingerprint density at radius 1 is 0.643 bits per heavy atom. The van der Waals surface area contributed by atoms with Crippen LogP contribution in [-0.4, -0.2) is 23.7 Å². The lowest BCUT2D eigenvalue weighted by Gasteiger charge is -2.15. The van der Waals surface area contributed by atoms with Gasteiger partial charge in [-0.3, -0.25) is 4.79 Å². The summed E-state index contributed by atoms with van der Waals surface area (Å²) in [6.45, 7) is 4.47. The molecule has 1 atom stereocenters. The molecule has 0 bridgehead atoms. The van der Waals surface area contributed by atoms with E-state index in [0.717, 1.165) is 32.1 Å². The Morgan fingerprint density at radius 3 is 1.43 bits per heavy atom. The lowest BCUT2D eigenvalue weighted by atomic mass is 10.0. The largest absolute Gasteiger partial charge is 0.394 e. The van der Waals surface area contributed by atoms with E-state index in [9.17, 15) is 9.90 Å². The van der Waals surface area contributed by atoms with Crippen molar-refractivity contribution in [1.29, 1.82) is 0 Å². The third-order valence-electron chi connectivity index (χ3n) is 5.75. The van der Waals surface area contributed by atoms with Crippen molar-refractivity contribution in [2.75, 3.05) is 6.61 Å². The summed E-state index contributed by atoms with van der Waals surface area (Å²) >= 11 is 0. The van der Waals surface area contributed by atoms with E-state index in [1.54, 1.807) is 0 Å². The maximum Gasteiger partial charge on any atom is 0.220 e. The van der Waals surface area contributed by atoms with Gasteiger partial charge in [0, 0.05) is 6.42 Å². The predicted molar refractivity (Wildman–Crippen MR) is 123 cm³/mol. The SMILES string of the molecule is CCCCCCCCCCCCCCCCCCC(=O)NC(CO)CCCC. The van der Waals surface area contributed by atoms with Gasteiger partial charge in [-0.1, -0.05) is 123 Å². The standard InChI is InChI=1S/C25H51NO2/c1-3-5-7-8-9-10-11-12-13-14-15-16-17-18-19-20-22-25(28)26-24(23-27)21-6-4-2/h24,27H,3-23H2,1-2H3,(H,26,28). The van der Waals surface area contributed by atoms with Crippen LogP contribution in [-0.2, 0) is 4.79 Å². The molecule has 2 N–H and O–H groups in total. The van der Waals surface area contributed by atoms with Crippen molar-refractivity contribution in [3.63, 3.8) is 0 Å². The van der Waals surface area contributed by atoms with Gasteiger partial charge in [0.1, 0.15) is 0 Å². The third-order valence-corrected chi connectivity index (χ3v) is 5.75. The summed E-state index contributed by atoms with van der Waals surface area (Å²) in [5.74, 6) is 0.112. The minimum Gasteiger partial charge on any atom is -0.394 e. The van der Waals surface area contributed by atoms with E-state index >= 15 is 0 Å². The van der Waals surface area contributed by atoms with Crippen molar-refractivity contribution in [3.05, 3.63) is 0 Å². The van der Waals surface area contributed by atoms with Crippen molar-refractivity contribution >= 4 is 5.91 Å². The molecule has 0 radical (unpaired) electrons. The molecule has 1 amide bonds. The van der Waals surface area contributed by atoms with Gasteiger partial charge in [0.05, 0.1) is 12.6 Å². The maximum absolute atomic E-state index is 11.9. The van der Waals surface area contributed by atoms with Crippen LogP contribution in [0, 0.1) is 0 Å². The van der Waals surface area contributed by atoms with Crippen molar-refractivity contribution < 1.29 is 9.90 Å².